The van der Waals surface area contributed by atoms with Gasteiger partial charge in [0.2, 0.25) is 0 Å². The number of nitrogens with zero attached hydrogens (tertiary/aromatic N) is 3. The maximum atomic E-state index is 12.7. The predicted molar refractivity (Wildman–Crippen MR) is 87.5 cm³/mol. The van der Waals surface area contributed by atoms with Gasteiger partial charge >= 0.3 is 5.97 Å². The van der Waals surface area contributed by atoms with Gasteiger partial charge in [-0.15, -0.1) is 0 Å². The lowest BCUT2D eigenvalue weighted by Crippen LogP contribution is -2.38. The highest BCUT2D eigenvalue weighted by Gasteiger charge is 2.22. The van der Waals surface area contributed by atoms with Crippen molar-refractivity contribution in [3.8, 4) is 6.07 Å². The summed E-state index contributed by atoms with van der Waals surface area (Å²) in [4.78, 5) is 29.4. The fraction of sp³-hybridized carbons (Fsp3) is 0.529. The average Bonchev–Trinajstić information content (AvgIpc) is 2.56. The highest BCUT2D eigenvalue weighted by atomic mass is 16.5. The van der Waals surface area contributed by atoms with Gasteiger partial charge < -0.3 is 14.7 Å². The van der Waals surface area contributed by atoms with Crippen molar-refractivity contribution in [1.29, 1.82) is 5.26 Å². The molecule has 1 atom stereocenters. The predicted octanol–water partition coefficient (Wildman–Crippen LogP) is 1.85. The zero-order valence-corrected chi connectivity index (χ0v) is 14.3. The number of carbonyl (C=O) groups excluding carboxylic acids is 1. The Labute approximate surface area is 141 Å². The van der Waals surface area contributed by atoms with Crippen LogP contribution in [0.25, 0.3) is 0 Å². The third kappa shape index (κ3) is 5.63. The molecule has 0 aliphatic rings. The first-order valence-electron chi connectivity index (χ1n) is 7.88. The Balaban J connectivity index is 2.90. The van der Waals surface area contributed by atoms with E-state index in [1.165, 1.54) is 11.0 Å². The number of nitriles is 1. The zero-order chi connectivity index (χ0) is 18.1. The van der Waals surface area contributed by atoms with E-state index in [0.29, 0.717) is 37.4 Å². The van der Waals surface area contributed by atoms with E-state index in [4.69, 9.17) is 15.1 Å². The second-order valence-electron chi connectivity index (χ2n) is 5.48. The minimum absolute atomic E-state index is 0.0982. The molecule has 24 heavy (non-hydrogen) atoms. The van der Waals surface area contributed by atoms with Crippen LogP contribution in [0.4, 0.5) is 0 Å². The molecule has 0 saturated carbocycles. The quantitative estimate of drug-likeness (QED) is 0.692. The van der Waals surface area contributed by atoms with Gasteiger partial charge in [-0.05, 0) is 32.4 Å². The summed E-state index contributed by atoms with van der Waals surface area (Å²) in [5.74, 6) is -1.98. The van der Waals surface area contributed by atoms with Crippen LogP contribution in [0.3, 0.4) is 0 Å². The van der Waals surface area contributed by atoms with E-state index in [1.807, 2.05) is 13.0 Å². The van der Waals surface area contributed by atoms with Crippen LogP contribution >= 0.6 is 0 Å². The van der Waals surface area contributed by atoms with Crippen molar-refractivity contribution in [2.24, 2.45) is 5.92 Å². The van der Waals surface area contributed by atoms with Gasteiger partial charge in [-0.3, -0.25) is 9.59 Å². The van der Waals surface area contributed by atoms with Crippen LogP contribution in [0.5, 0.6) is 0 Å². The van der Waals surface area contributed by atoms with Crippen LogP contribution < -0.4 is 0 Å². The first-order valence-corrected chi connectivity index (χ1v) is 7.88. The van der Waals surface area contributed by atoms with E-state index in [1.54, 1.807) is 19.9 Å². The molecule has 1 amide bonds. The van der Waals surface area contributed by atoms with E-state index in [2.05, 4.69) is 4.98 Å². The second kappa shape index (κ2) is 9.63. The topological polar surface area (TPSA) is 104 Å². The van der Waals surface area contributed by atoms with Gasteiger partial charge in [-0.1, -0.05) is 6.92 Å². The molecule has 0 bridgehead atoms. The Kier molecular flexibility index (Phi) is 7.86. The highest BCUT2D eigenvalue weighted by molar-refractivity contribution is 5.92. The second-order valence-corrected chi connectivity index (χ2v) is 5.48. The molecular weight excluding hydrogens is 310 g/mol. The highest BCUT2D eigenvalue weighted by Crippen LogP contribution is 2.11. The molecule has 7 nitrogen and oxygen atoms in total. The number of hydrogen-bond acceptors (Lipinski definition) is 5. The number of hydrogen-bond donors (Lipinski definition) is 1. The molecule has 1 aromatic rings. The zero-order valence-electron chi connectivity index (χ0n) is 14.3. The number of carboxylic acids is 1. The number of amides is 1. The van der Waals surface area contributed by atoms with E-state index >= 15 is 0 Å². The number of pyridine rings is 1. The summed E-state index contributed by atoms with van der Waals surface area (Å²) in [6.07, 6.45) is 0.612. The van der Waals surface area contributed by atoms with Crippen molar-refractivity contribution in [3.63, 3.8) is 0 Å². The maximum absolute atomic E-state index is 12.7. The monoisotopic (exact) mass is 333 g/mol. The van der Waals surface area contributed by atoms with Crippen molar-refractivity contribution < 1.29 is 19.4 Å². The standard InChI is InChI=1S/C17H23N3O4/c1-4-24-9-5-8-20(11-12(2)17(22)23)16(21)15-7-6-14(10-18)13(3)19-15/h6-7,12H,4-5,8-9,11H2,1-3H3,(H,22,23). The van der Waals surface area contributed by atoms with Gasteiger partial charge in [0.15, 0.2) is 0 Å². The summed E-state index contributed by atoms with van der Waals surface area (Å²) >= 11 is 0. The third-order valence-electron chi connectivity index (χ3n) is 3.55. The maximum Gasteiger partial charge on any atom is 0.308 e. The van der Waals surface area contributed by atoms with Gasteiger partial charge in [0, 0.05) is 26.3 Å². The van der Waals surface area contributed by atoms with E-state index in [-0.39, 0.29) is 18.1 Å². The van der Waals surface area contributed by atoms with E-state index in [9.17, 15) is 9.59 Å². The Morgan fingerprint density at radius 1 is 1.46 bits per heavy atom. The Morgan fingerprint density at radius 3 is 2.71 bits per heavy atom. The lowest BCUT2D eigenvalue weighted by molar-refractivity contribution is -0.141. The average molecular weight is 333 g/mol. The number of aromatic nitrogens is 1. The Bertz CT molecular complexity index is 625. The molecule has 1 heterocycles. The summed E-state index contributed by atoms with van der Waals surface area (Å²) in [5.41, 5.74) is 1.10. The molecule has 0 spiro atoms. The van der Waals surface area contributed by atoms with Crippen molar-refractivity contribution in [2.75, 3.05) is 26.3 Å². The third-order valence-corrected chi connectivity index (χ3v) is 3.55. The number of aliphatic carboxylic acids is 1. The minimum atomic E-state index is -0.957. The first-order chi connectivity index (χ1) is 11.4. The number of rotatable bonds is 9. The lowest BCUT2D eigenvalue weighted by Gasteiger charge is -2.24. The van der Waals surface area contributed by atoms with Crippen LogP contribution in [0, 0.1) is 24.2 Å². The molecule has 0 aliphatic heterocycles. The van der Waals surface area contributed by atoms with Gasteiger partial charge in [0.1, 0.15) is 11.8 Å². The van der Waals surface area contributed by atoms with Crippen molar-refractivity contribution in [3.05, 3.63) is 29.1 Å². The van der Waals surface area contributed by atoms with E-state index < -0.39 is 11.9 Å². The van der Waals surface area contributed by atoms with E-state index in [0.717, 1.165) is 0 Å². The molecule has 1 N–H and O–H groups in total. The van der Waals surface area contributed by atoms with Gasteiger partial charge in [-0.2, -0.15) is 5.26 Å². The lowest BCUT2D eigenvalue weighted by atomic mass is 10.1. The molecule has 0 saturated heterocycles. The number of carbonyl (C=O) groups is 2. The molecule has 7 heteroatoms. The van der Waals surface area contributed by atoms with Crippen LogP contribution in [0.1, 0.15) is 42.0 Å². The van der Waals surface area contributed by atoms with Crippen LogP contribution in [0.2, 0.25) is 0 Å². The number of ether oxygens (including phenoxy) is 1. The van der Waals surface area contributed by atoms with Crippen molar-refractivity contribution >= 4 is 11.9 Å². The molecule has 1 aromatic heterocycles. The first kappa shape index (κ1) is 19.6. The molecular formula is C17H23N3O4. The molecule has 0 fully saturated rings. The molecule has 0 aliphatic carbocycles. The van der Waals surface area contributed by atoms with Crippen molar-refractivity contribution in [1.82, 2.24) is 9.88 Å². The number of carboxylic acid groups (broad SMARTS) is 1. The largest absolute Gasteiger partial charge is 0.481 e. The van der Waals surface area contributed by atoms with Gasteiger partial charge in [-0.25, -0.2) is 4.98 Å². The summed E-state index contributed by atoms with van der Waals surface area (Å²) in [5, 5.41) is 18.0. The molecule has 0 aromatic carbocycles. The normalized spacial score (nSPS) is 11.6. The van der Waals surface area contributed by atoms with Crippen molar-refractivity contribution in [2.45, 2.75) is 27.2 Å². The molecule has 0 radical (unpaired) electrons. The summed E-state index contributed by atoms with van der Waals surface area (Å²) in [6.45, 7) is 6.69. The molecule has 1 rings (SSSR count). The van der Waals surface area contributed by atoms with Crippen LogP contribution in [0.15, 0.2) is 12.1 Å². The van der Waals surface area contributed by atoms with Crippen LogP contribution in [-0.2, 0) is 9.53 Å². The van der Waals surface area contributed by atoms with Gasteiger partial charge in [0.05, 0.1) is 17.2 Å². The van der Waals surface area contributed by atoms with Crippen LogP contribution in [-0.4, -0.2) is 53.2 Å². The minimum Gasteiger partial charge on any atom is -0.481 e. The van der Waals surface area contributed by atoms with Gasteiger partial charge in [0.25, 0.3) is 5.91 Å². The molecule has 1 unspecified atom stereocenters. The Morgan fingerprint density at radius 2 is 2.17 bits per heavy atom. The summed E-state index contributed by atoms with van der Waals surface area (Å²) in [7, 11) is 0. The SMILES string of the molecule is CCOCCCN(CC(C)C(=O)O)C(=O)c1ccc(C#N)c(C)n1. The Hall–Kier alpha value is -2.46. The fourth-order valence-electron chi connectivity index (χ4n) is 2.15. The number of aryl methyl sites for hydroxylation is 1. The summed E-state index contributed by atoms with van der Waals surface area (Å²) in [6, 6.07) is 5.05. The smallest absolute Gasteiger partial charge is 0.308 e. The molecule has 130 valence electrons. The summed E-state index contributed by atoms with van der Waals surface area (Å²) < 4.78 is 5.27. The fourth-order valence-corrected chi connectivity index (χ4v) is 2.15.